The van der Waals surface area contributed by atoms with E-state index in [9.17, 15) is 24.6 Å². The summed E-state index contributed by atoms with van der Waals surface area (Å²) < 4.78 is 10.3. The molecule has 3 aliphatic carbocycles. The molecule has 1 spiro atoms. The van der Waals surface area contributed by atoms with Crippen LogP contribution in [0.3, 0.4) is 0 Å². The maximum absolute atomic E-state index is 13.0. The number of ether oxygens (including phenoxy) is 2. The number of rotatable bonds is 6. The lowest BCUT2D eigenvalue weighted by Gasteiger charge is -2.40. The van der Waals surface area contributed by atoms with Crippen LogP contribution in [0, 0.1) is 10.8 Å². The van der Waals surface area contributed by atoms with Gasteiger partial charge in [0.25, 0.3) is 0 Å². The van der Waals surface area contributed by atoms with E-state index in [0.29, 0.717) is 30.4 Å². The summed E-state index contributed by atoms with van der Waals surface area (Å²) in [5.74, 6) is -1.28. The molecule has 0 aromatic rings. The maximum atomic E-state index is 13.0. The summed E-state index contributed by atoms with van der Waals surface area (Å²) in [4.78, 5) is 36.6. The van der Waals surface area contributed by atoms with Gasteiger partial charge in [-0.1, -0.05) is 11.6 Å². The highest BCUT2D eigenvalue weighted by Gasteiger charge is 2.67. The molecule has 7 nitrogen and oxygen atoms in total. The molecule has 7 heteroatoms. The van der Waals surface area contributed by atoms with Crippen LogP contribution in [0.15, 0.2) is 22.8 Å². The van der Waals surface area contributed by atoms with Crippen molar-refractivity contribution in [2.45, 2.75) is 64.6 Å². The normalized spacial score (nSPS) is 32.9. The lowest BCUT2D eigenvalue weighted by atomic mass is 9.67. The Labute approximate surface area is 164 Å². The van der Waals surface area contributed by atoms with Crippen molar-refractivity contribution in [1.29, 1.82) is 0 Å². The Hall–Kier alpha value is -1.99. The molecule has 2 N–H and O–H groups in total. The molecule has 0 amide bonds. The van der Waals surface area contributed by atoms with Crippen LogP contribution in [0.5, 0.6) is 0 Å². The number of carbonyl (C=O) groups excluding carboxylic acids is 3. The molecule has 28 heavy (non-hydrogen) atoms. The van der Waals surface area contributed by atoms with Crippen molar-refractivity contribution in [3.8, 4) is 0 Å². The molecule has 0 aromatic carbocycles. The molecule has 154 valence electrons. The SMILES string of the molecule is COC(=O)CCCC(=O)OC1C2=C(C)C3(CC3)C(C)(O)C(=O)C2=CC1(C)CO. The molecule has 3 rings (SSSR count). The van der Waals surface area contributed by atoms with E-state index < -0.39 is 34.5 Å². The van der Waals surface area contributed by atoms with Gasteiger partial charge in [-0.25, -0.2) is 0 Å². The van der Waals surface area contributed by atoms with Gasteiger partial charge in [0, 0.05) is 29.4 Å². The van der Waals surface area contributed by atoms with Crippen LogP contribution in [0.2, 0.25) is 0 Å². The van der Waals surface area contributed by atoms with E-state index in [2.05, 4.69) is 4.74 Å². The maximum Gasteiger partial charge on any atom is 0.306 e. The summed E-state index contributed by atoms with van der Waals surface area (Å²) >= 11 is 0. The van der Waals surface area contributed by atoms with Crippen LogP contribution in [0.4, 0.5) is 0 Å². The van der Waals surface area contributed by atoms with Gasteiger partial charge in [0.05, 0.1) is 19.1 Å². The number of methoxy groups -OCH3 is 1. The Bertz CT molecular complexity index is 785. The van der Waals surface area contributed by atoms with E-state index in [-0.39, 0.29) is 25.2 Å². The number of hydrogen-bond donors (Lipinski definition) is 2. The minimum absolute atomic E-state index is 0.0333. The zero-order valence-corrected chi connectivity index (χ0v) is 16.8. The Kier molecular flexibility index (Phi) is 5.04. The summed E-state index contributed by atoms with van der Waals surface area (Å²) in [5, 5.41) is 20.9. The summed E-state index contributed by atoms with van der Waals surface area (Å²) in [5.41, 5.74) is -1.26. The number of aliphatic hydroxyl groups excluding tert-OH is 1. The highest BCUT2D eigenvalue weighted by Crippen LogP contribution is 2.65. The topological polar surface area (TPSA) is 110 Å². The van der Waals surface area contributed by atoms with Crippen molar-refractivity contribution >= 4 is 17.7 Å². The molecule has 0 heterocycles. The lowest BCUT2D eigenvalue weighted by Crippen LogP contribution is -2.50. The highest BCUT2D eigenvalue weighted by molar-refractivity contribution is 6.09. The van der Waals surface area contributed by atoms with Gasteiger partial charge >= 0.3 is 11.9 Å². The molecular formula is C21H28O7. The van der Waals surface area contributed by atoms with E-state index in [4.69, 9.17) is 4.74 Å². The molecule has 1 fully saturated rings. The second-order valence-electron chi connectivity index (χ2n) is 8.54. The van der Waals surface area contributed by atoms with E-state index in [1.165, 1.54) is 7.11 Å². The predicted octanol–water partition coefficient (Wildman–Crippen LogP) is 1.61. The molecule has 3 aliphatic rings. The molecule has 3 unspecified atom stereocenters. The third-order valence-corrected chi connectivity index (χ3v) is 6.70. The lowest BCUT2D eigenvalue weighted by molar-refractivity contribution is -0.152. The van der Waals surface area contributed by atoms with Crippen molar-refractivity contribution in [2.75, 3.05) is 13.7 Å². The largest absolute Gasteiger partial charge is 0.469 e. The predicted molar refractivity (Wildman–Crippen MR) is 99.0 cm³/mol. The molecule has 0 saturated heterocycles. The van der Waals surface area contributed by atoms with E-state index in [1.807, 2.05) is 6.92 Å². The molecule has 0 aliphatic heterocycles. The minimum atomic E-state index is -1.50. The van der Waals surface area contributed by atoms with Crippen LogP contribution in [-0.2, 0) is 23.9 Å². The van der Waals surface area contributed by atoms with Crippen LogP contribution in [-0.4, -0.2) is 53.4 Å². The van der Waals surface area contributed by atoms with Crippen molar-refractivity contribution in [3.05, 3.63) is 22.8 Å². The molecule has 0 radical (unpaired) electrons. The summed E-state index contributed by atoms with van der Waals surface area (Å²) in [7, 11) is 1.29. The highest BCUT2D eigenvalue weighted by atomic mass is 16.5. The number of esters is 2. The standard InChI is InChI=1S/C21H28O7/c1-12-16-13(17(25)20(3,26)21(12)8-9-21)10-19(2,11-22)18(16)28-15(24)7-5-6-14(23)27-4/h10,18,22,26H,5-9,11H2,1-4H3. The average Bonchev–Trinajstić information content (AvgIpc) is 3.41. The van der Waals surface area contributed by atoms with Crippen molar-refractivity contribution in [3.63, 3.8) is 0 Å². The molecule has 1 saturated carbocycles. The van der Waals surface area contributed by atoms with Crippen molar-refractivity contribution in [1.82, 2.24) is 0 Å². The average molecular weight is 392 g/mol. The Balaban J connectivity index is 1.88. The molecular weight excluding hydrogens is 364 g/mol. The van der Waals surface area contributed by atoms with Gasteiger partial charge in [0.2, 0.25) is 0 Å². The third kappa shape index (κ3) is 2.92. The van der Waals surface area contributed by atoms with Gasteiger partial charge in [-0.3, -0.25) is 14.4 Å². The van der Waals surface area contributed by atoms with Crippen LogP contribution in [0.1, 0.15) is 52.9 Å². The smallest absolute Gasteiger partial charge is 0.306 e. The Morgan fingerprint density at radius 2 is 1.82 bits per heavy atom. The molecule has 0 bridgehead atoms. The second kappa shape index (κ2) is 6.81. The second-order valence-corrected chi connectivity index (χ2v) is 8.54. The first-order chi connectivity index (χ1) is 13.0. The van der Waals surface area contributed by atoms with E-state index >= 15 is 0 Å². The fourth-order valence-corrected chi connectivity index (χ4v) is 4.62. The Morgan fingerprint density at radius 1 is 1.21 bits per heavy atom. The molecule has 0 aromatic heterocycles. The van der Waals surface area contributed by atoms with E-state index in [0.717, 1.165) is 5.57 Å². The number of hydrogen-bond acceptors (Lipinski definition) is 7. The zero-order valence-electron chi connectivity index (χ0n) is 16.8. The van der Waals surface area contributed by atoms with Gasteiger partial charge in [-0.15, -0.1) is 0 Å². The number of ketones is 1. The third-order valence-electron chi connectivity index (χ3n) is 6.70. The van der Waals surface area contributed by atoms with Gasteiger partial charge in [0.1, 0.15) is 11.7 Å². The van der Waals surface area contributed by atoms with Gasteiger partial charge in [-0.05, 0) is 40.0 Å². The van der Waals surface area contributed by atoms with Gasteiger partial charge in [-0.2, -0.15) is 0 Å². The van der Waals surface area contributed by atoms with Crippen molar-refractivity contribution in [2.24, 2.45) is 10.8 Å². The number of aliphatic hydroxyl groups is 2. The summed E-state index contributed by atoms with van der Waals surface area (Å²) in [6, 6.07) is 0. The fraction of sp³-hybridized carbons (Fsp3) is 0.667. The molecule has 3 atom stereocenters. The first kappa shape index (κ1) is 20.7. The quantitative estimate of drug-likeness (QED) is 0.661. The van der Waals surface area contributed by atoms with Gasteiger partial charge < -0.3 is 19.7 Å². The monoisotopic (exact) mass is 392 g/mol. The summed E-state index contributed by atoms with van der Waals surface area (Å²) in [6.45, 7) is 4.84. The number of carbonyl (C=O) groups is 3. The first-order valence-electron chi connectivity index (χ1n) is 9.63. The first-order valence-corrected chi connectivity index (χ1v) is 9.63. The van der Waals surface area contributed by atoms with Crippen LogP contribution >= 0.6 is 0 Å². The minimum Gasteiger partial charge on any atom is -0.469 e. The number of fused-ring (bicyclic) bond motifs is 1. The van der Waals surface area contributed by atoms with Crippen molar-refractivity contribution < 1.29 is 34.1 Å². The Morgan fingerprint density at radius 3 is 2.36 bits per heavy atom. The summed E-state index contributed by atoms with van der Waals surface area (Å²) in [6.07, 6.45) is 2.67. The zero-order chi connectivity index (χ0) is 20.9. The fourth-order valence-electron chi connectivity index (χ4n) is 4.62. The number of Topliss-reactive ketones (excluding diaryl/α,β-unsaturated/α-hetero) is 1. The van der Waals surface area contributed by atoms with Crippen LogP contribution in [0.25, 0.3) is 0 Å². The van der Waals surface area contributed by atoms with E-state index in [1.54, 1.807) is 19.9 Å². The van der Waals surface area contributed by atoms with Gasteiger partial charge in [0.15, 0.2) is 5.78 Å². The van der Waals surface area contributed by atoms with Crippen LogP contribution < -0.4 is 0 Å².